The molecule has 0 bridgehead atoms. The summed E-state index contributed by atoms with van der Waals surface area (Å²) in [5.74, 6) is 0.140. The quantitative estimate of drug-likeness (QED) is 0.752. The van der Waals surface area contributed by atoms with Gasteiger partial charge in [-0.1, -0.05) is 26.0 Å². The molecule has 0 radical (unpaired) electrons. The van der Waals surface area contributed by atoms with Crippen molar-refractivity contribution in [2.45, 2.75) is 45.7 Å². The van der Waals surface area contributed by atoms with Crippen LogP contribution in [0.4, 0.5) is 4.39 Å². The lowest BCUT2D eigenvalue weighted by Gasteiger charge is -2.25. The number of carbonyl (C=O) groups is 1. The lowest BCUT2D eigenvalue weighted by molar-refractivity contribution is -0.125. The van der Waals surface area contributed by atoms with E-state index in [0.717, 1.165) is 5.56 Å². The van der Waals surface area contributed by atoms with E-state index in [-0.39, 0.29) is 30.3 Å². The van der Waals surface area contributed by atoms with Gasteiger partial charge in [0.1, 0.15) is 17.7 Å². The molecule has 0 saturated carbocycles. The minimum Gasteiger partial charge on any atom is -0.396 e. The first-order chi connectivity index (χ1) is 11.9. The van der Waals surface area contributed by atoms with Crippen LogP contribution in [0.5, 0.6) is 0 Å². The predicted octanol–water partition coefficient (Wildman–Crippen LogP) is 1.43. The van der Waals surface area contributed by atoms with Crippen LogP contribution in [0.2, 0.25) is 0 Å². The number of aliphatic hydroxyl groups excluding tert-OH is 1. The predicted molar refractivity (Wildman–Crippen MR) is 90.2 cm³/mol. The lowest BCUT2D eigenvalue weighted by atomic mass is 9.99. The van der Waals surface area contributed by atoms with E-state index in [2.05, 4.69) is 20.8 Å². The third-order valence-corrected chi connectivity index (χ3v) is 4.17. The molecule has 2 unspecified atom stereocenters. The molecule has 1 heterocycles. The Morgan fingerprint density at radius 1 is 1.32 bits per heavy atom. The monoisotopic (exact) mass is 349 g/mol. The minimum absolute atomic E-state index is 0.00430. The third kappa shape index (κ3) is 5.06. The lowest BCUT2D eigenvalue weighted by Crippen LogP contribution is -2.44. The first kappa shape index (κ1) is 19.0. The minimum atomic E-state index is -0.652. The van der Waals surface area contributed by atoms with Crippen molar-refractivity contribution in [1.82, 2.24) is 25.5 Å². The molecule has 0 fully saturated rings. The van der Waals surface area contributed by atoms with E-state index in [1.807, 2.05) is 13.8 Å². The molecule has 2 rings (SSSR count). The zero-order chi connectivity index (χ0) is 18.4. The molecule has 7 nitrogen and oxygen atoms in total. The molecule has 1 aromatic carbocycles. The number of aryl methyl sites for hydroxylation is 1. The number of hydrogen-bond donors (Lipinski definition) is 2. The number of amides is 1. The van der Waals surface area contributed by atoms with Crippen LogP contribution in [-0.4, -0.2) is 43.9 Å². The van der Waals surface area contributed by atoms with E-state index in [4.69, 9.17) is 0 Å². The number of aliphatic hydroxyl groups is 1. The van der Waals surface area contributed by atoms with E-state index in [0.29, 0.717) is 18.7 Å². The second-order valence-corrected chi connectivity index (χ2v) is 6.39. The number of benzene rings is 1. The molecule has 2 aromatic rings. The van der Waals surface area contributed by atoms with Crippen LogP contribution in [0, 0.1) is 18.7 Å². The first-order valence-corrected chi connectivity index (χ1v) is 8.32. The van der Waals surface area contributed by atoms with Crippen LogP contribution >= 0.6 is 0 Å². The van der Waals surface area contributed by atoms with Crippen molar-refractivity contribution < 1.29 is 14.3 Å². The maximum absolute atomic E-state index is 13.1. The summed E-state index contributed by atoms with van der Waals surface area (Å²) < 4.78 is 14.6. The third-order valence-electron chi connectivity index (χ3n) is 4.17. The Hall–Kier alpha value is -2.35. The number of halogens is 1. The summed E-state index contributed by atoms with van der Waals surface area (Å²) in [6, 6.07) is 5.20. The van der Waals surface area contributed by atoms with Gasteiger partial charge in [0.05, 0.1) is 0 Å². The Labute approximate surface area is 146 Å². The van der Waals surface area contributed by atoms with E-state index in [1.165, 1.54) is 16.8 Å². The topological polar surface area (TPSA) is 92.9 Å². The van der Waals surface area contributed by atoms with Crippen molar-refractivity contribution in [3.8, 4) is 0 Å². The van der Waals surface area contributed by atoms with Crippen LogP contribution in [0.15, 0.2) is 24.3 Å². The molecular weight excluding hydrogens is 325 g/mol. The van der Waals surface area contributed by atoms with Crippen molar-refractivity contribution in [1.29, 1.82) is 0 Å². The Morgan fingerprint density at radius 3 is 2.52 bits per heavy atom. The van der Waals surface area contributed by atoms with Crippen LogP contribution in [0.25, 0.3) is 0 Å². The van der Waals surface area contributed by atoms with Crippen molar-refractivity contribution in [2.24, 2.45) is 5.92 Å². The fourth-order valence-electron chi connectivity index (χ4n) is 2.65. The number of nitrogens with one attached hydrogen (secondary N) is 1. The fourth-order valence-corrected chi connectivity index (χ4v) is 2.65. The highest BCUT2D eigenvalue weighted by molar-refractivity contribution is 5.80. The Morgan fingerprint density at radius 2 is 2.00 bits per heavy atom. The summed E-state index contributed by atoms with van der Waals surface area (Å²) in [4.78, 5) is 12.9. The van der Waals surface area contributed by atoms with Gasteiger partial charge in [0, 0.05) is 19.1 Å². The second-order valence-electron chi connectivity index (χ2n) is 6.39. The summed E-state index contributed by atoms with van der Waals surface area (Å²) in [5, 5.41) is 23.6. The average molecular weight is 349 g/mol. The summed E-state index contributed by atoms with van der Waals surface area (Å²) in [6.07, 6.45) is 0.809. The summed E-state index contributed by atoms with van der Waals surface area (Å²) in [5.41, 5.74) is 0.805. The van der Waals surface area contributed by atoms with Gasteiger partial charge in [-0.3, -0.25) is 4.79 Å². The highest BCUT2D eigenvalue weighted by Crippen LogP contribution is 2.17. The van der Waals surface area contributed by atoms with Gasteiger partial charge in [-0.15, -0.1) is 5.10 Å². The molecule has 2 atom stereocenters. The molecule has 0 saturated heterocycles. The molecular formula is C17H24FN5O2. The van der Waals surface area contributed by atoms with Crippen LogP contribution in [0.1, 0.15) is 37.7 Å². The van der Waals surface area contributed by atoms with E-state index < -0.39 is 6.04 Å². The van der Waals surface area contributed by atoms with E-state index >= 15 is 0 Å². The standard InChI is InChI=1S/C17H24FN5O2/c1-11(2)15(8-9-24)19-17(25)16(23-12(3)20-21-22-23)10-13-4-6-14(18)7-5-13/h4-7,11,15-16,24H,8-10H2,1-3H3,(H,19,25). The van der Waals surface area contributed by atoms with Gasteiger partial charge >= 0.3 is 0 Å². The van der Waals surface area contributed by atoms with Crippen LogP contribution in [0.3, 0.4) is 0 Å². The first-order valence-electron chi connectivity index (χ1n) is 8.32. The van der Waals surface area contributed by atoms with Gasteiger partial charge in [0.2, 0.25) is 5.91 Å². The zero-order valence-corrected chi connectivity index (χ0v) is 14.7. The zero-order valence-electron chi connectivity index (χ0n) is 14.7. The van der Waals surface area contributed by atoms with Crippen molar-refractivity contribution in [3.05, 3.63) is 41.5 Å². The van der Waals surface area contributed by atoms with E-state index in [1.54, 1.807) is 19.1 Å². The average Bonchev–Trinajstić information content (AvgIpc) is 2.99. The largest absolute Gasteiger partial charge is 0.396 e. The molecule has 2 N–H and O–H groups in total. The molecule has 0 aliphatic rings. The Bertz CT molecular complexity index is 687. The second kappa shape index (κ2) is 8.66. The maximum Gasteiger partial charge on any atom is 0.245 e. The van der Waals surface area contributed by atoms with E-state index in [9.17, 15) is 14.3 Å². The van der Waals surface area contributed by atoms with Gasteiger partial charge in [-0.2, -0.15) is 0 Å². The number of carbonyl (C=O) groups excluding carboxylic acids is 1. The van der Waals surface area contributed by atoms with Gasteiger partial charge in [-0.05, 0) is 47.4 Å². The Balaban J connectivity index is 2.23. The Kier molecular flexibility index (Phi) is 6.58. The normalized spacial score (nSPS) is 13.7. The van der Waals surface area contributed by atoms with Gasteiger partial charge < -0.3 is 10.4 Å². The SMILES string of the molecule is Cc1nnnn1C(Cc1ccc(F)cc1)C(=O)NC(CCO)C(C)C. The molecule has 0 aliphatic carbocycles. The van der Waals surface area contributed by atoms with Gasteiger partial charge in [0.15, 0.2) is 0 Å². The molecule has 1 amide bonds. The summed E-state index contributed by atoms with van der Waals surface area (Å²) in [7, 11) is 0. The number of hydrogen-bond acceptors (Lipinski definition) is 5. The van der Waals surface area contributed by atoms with Crippen molar-refractivity contribution in [2.75, 3.05) is 6.61 Å². The summed E-state index contributed by atoms with van der Waals surface area (Å²) in [6.45, 7) is 5.68. The molecule has 25 heavy (non-hydrogen) atoms. The molecule has 136 valence electrons. The highest BCUT2D eigenvalue weighted by Gasteiger charge is 2.27. The molecule has 0 aliphatic heterocycles. The maximum atomic E-state index is 13.1. The smallest absolute Gasteiger partial charge is 0.245 e. The number of nitrogens with zero attached hydrogens (tertiary/aromatic N) is 4. The highest BCUT2D eigenvalue weighted by atomic mass is 19.1. The molecule has 1 aromatic heterocycles. The fraction of sp³-hybridized carbons (Fsp3) is 0.529. The summed E-state index contributed by atoms with van der Waals surface area (Å²) >= 11 is 0. The van der Waals surface area contributed by atoms with Gasteiger partial charge in [-0.25, -0.2) is 9.07 Å². The number of tetrazole rings is 1. The number of rotatable bonds is 8. The van der Waals surface area contributed by atoms with Crippen LogP contribution < -0.4 is 5.32 Å². The molecule has 0 spiro atoms. The molecule has 8 heteroatoms. The van der Waals surface area contributed by atoms with Crippen molar-refractivity contribution >= 4 is 5.91 Å². The van der Waals surface area contributed by atoms with Crippen LogP contribution in [-0.2, 0) is 11.2 Å². The number of aromatic nitrogens is 4. The van der Waals surface area contributed by atoms with Gasteiger partial charge in [0.25, 0.3) is 0 Å². The van der Waals surface area contributed by atoms with Crippen molar-refractivity contribution in [3.63, 3.8) is 0 Å².